The fourth-order valence-electron chi connectivity index (χ4n) is 1.28. The van der Waals surface area contributed by atoms with Crippen molar-refractivity contribution >= 4 is 17.2 Å². The lowest BCUT2D eigenvalue weighted by atomic mass is 10.1. The first-order valence-corrected chi connectivity index (χ1v) is 4.33. The Morgan fingerprint density at radius 3 is 2.54 bits per heavy atom. The monoisotopic (exact) mass is 196 g/mol. The van der Waals surface area contributed by atoms with Crippen molar-refractivity contribution in [3.8, 4) is 0 Å². The van der Waals surface area contributed by atoms with E-state index in [4.69, 9.17) is 18.0 Å². The van der Waals surface area contributed by atoms with Crippen LogP contribution in [0.5, 0.6) is 0 Å². The third-order valence-corrected chi connectivity index (χ3v) is 2.32. The Bertz CT molecular complexity index is 420. The zero-order chi connectivity index (χ0) is 10.2. The Morgan fingerprint density at radius 2 is 2.08 bits per heavy atom. The van der Waals surface area contributed by atoms with Gasteiger partial charge in [-0.3, -0.25) is 4.79 Å². The molecule has 4 heteroatoms. The lowest BCUT2D eigenvalue weighted by molar-refractivity contribution is 0.812. The molecule has 2 N–H and O–H groups in total. The molecule has 0 aromatic carbocycles. The fourth-order valence-corrected chi connectivity index (χ4v) is 1.53. The van der Waals surface area contributed by atoms with Crippen molar-refractivity contribution in [3.63, 3.8) is 0 Å². The second-order valence-electron chi connectivity index (χ2n) is 3.07. The summed E-state index contributed by atoms with van der Waals surface area (Å²) in [6.45, 7) is 3.71. The summed E-state index contributed by atoms with van der Waals surface area (Å²) in [7, 11) is 1.71. The maximum Gasteiger partial charge on any atom is 0.260 e. The summed E-state index contributed by atoms with van der Waals surface area (Å²) in [4.78, 5) is 11.8. The summed E-state index contributed by atoms with van der Waals surface area (Å²) in [5.41, 5.74) is 7.53. The molecule has 0 spiro atoms. The first-order valence-electron chi connectivity index (χ1n) is 3.92. The number of pyridine rings is 1. The quantitative estimate of drug-likeness (QED) is 0.670. The number of hydrogen-bond acceptors (Lipinski definition) is 2. The van der Waals surface area contributed by atoms with Crippen LogP contribution in [0.25, 0.3) is 0 Å². The molecule has 1 heterocycles. The number of nitrogens with two attached hydrogens (primary N) is 1. The molecule has 3 nitrogen and oxygen atoms in total. The number of aryl methyl sites for hydroxylation is 2. The fraction of sp³-hybridized carbons (Fsp3) is 0.333. The van der Waals surface area contributed by atoms with Gasteiger partial charge < -0.3 is 10.3 Å². The third-order valence-electron chi connectivity index (χ3n) is 2.11. The summed E-state index contributed by atoms with van der Waals surface area (Å²) in [5, 5.41) is 0. The van der Waals surface area contributed by atoms with Crippen molar-refractivity contribution in [3.05, 3.63) is 33.2 Å². The Balaban J connectivity index is 3.63. The Kier molecular flexibility index (Phi) is 2.52. The molecule has 0 amide bonds. The first-order chi connectivity index (χ1) is 5.95. The molecule has 0 saturated heterocycles. The smallest absolute Gasteiger partial charge is 0.260 e. The maximum absolute atomic E-state index is 11.6. The van der Waals surface area contributed by atoms with Crippen LogP contribution in [0.4, 0.5) is 0 Å². The number of thiocarbonyl (C=S) groups is 1. The highest BCUT2D eigenvalue weighted by molar-refractivity contribution is 7.80. The minimum atomic E-state index is -0.120. The molecule has 1 aromatic heterocycles. The molecule has 0 fully saturated rings. The van der Waals surface area contributed by atoms with E-state index in [0.717, 1.165) is 11.3 Å². The van der Waals surface area contributed by atoms with Crippen LogP contribution in [0.3, 0.4) is 0 Å². The van der Waals surface area contributed by atoms with E-state index in [2.05, 4.69) is 0 Å². The van der Waals surface area contributed by atoms with Crippen molar-refractivity contribution in [1.29, 1.82) is 0 Å². The average Bonchev–Trinajstić information content (AvgIpc) is 1.99. The van der Waals surface area contributed by atoms with Gasteiger partial charge in [-0.2, -0.15) is 0 Å². The van der Waals surface area contributed by atoms with Gasteiger partial charge in [-0.05, 0) is 25.5 Å². The van der Waals surface area contributed by atoms with Crippen molar-refractivity contribution in [2.24, 2.45) is 12.8 Å². The van der Waals surface area contributed by atoms with Gasteiger partial charge in [0.1, 0.15) is 4.99 Å². The molecule has 1 rings (SSSR count). The van der Waals surface area contributed by atoms with E-state index in [9.17, 15) is 4.79 Å². The van der Waals surface area contributed by atoms with Crippen LogP contribution >= 0.6 is 12.2 Å². The van der Waals surface area contributed by atoms with Gasteiger partial charge in [0, 0.05) is 12.7 Å². The number of nitrogens with zero attached hydrogens (tertiary/aromatic N) is 1. The Hall–Kier alpha value is -1.16. The van der Waals surface area contributed by atoms with E-state index in [1.54, 1.807) is 11.6 Å². The van der Waals surface area contributed by atoms with Gasteiger partial charge in [0.2, 0.25) is 0 Å². The molecule has 0 radical (unpaired) electrons. The van der Waals surface area contributed by atoms with Gasteiger partial charge in [-0.1, -0.05) is 12.2 Å². The molecule has 13 heavy (non-hydrogen) atoms. The molecule has 0 aliphatic rings. The molecule has 0 saturated carbocycles. The Labute approximate surface area is 82.2 Å². The lowest BCUT2D eigenvalue weighted by Crippen LogP contribution is -2.29. The minimum Gasteiger partial charge on any atom is -0.389 e. The SMILES string of the molecule is Cc1cc(C)n(C)c(=O)c1C(N)=S. The Morgan fingerprint density at radius 1 is 1.54 bits per heavy atom. The van der Waals surface area contributed by atoms with E-state index in [0.29, 0.717) is 5.56 Å². The van der Waals surface area contributed by atoms with Gasteiger partial charge in [0.05, 0.1) is 5.56 Å². The van der Waals surface area contributed by atoms with Crippen LogP contribution in [-0.2, 0) is 7.05 Å². The summed E-state index contributed by atoms with van der Waals surface area (Å²) in [5.74, 6) is 0. The van der Waals surface area contributed by atoms with Crippen molar-refractivity contribution in [1.82, 2.24) is 4.57 Å². The molecule has 1 aromatic rings. The average molecular weight is 196 g/mol. The van der Waals surface area contributed by atoms with E-state index >= 15 is 0 Å². The van der Waals surface area contributed by atoms with E-state index in [-0.39, 0.29) is 10.5 Å². The summed E-state index contributed by atoms with van der Waals surface area (Å²) >= 11 is 4.80. The lowest BCUT2D eigenvalue weighted by Gasteiger charge is -2.08. The first kappa shape index (κ1) is 9.92. The zero-order valence-electron chi connectivity index (χ0n) is 7.92. The standard InChI is InChI=1S/C9H12N2OS/c1-5-4-6(2)11(3)9(12)7(5)8(10)13/h4H,1-3H3,(H2,10,13). The van der Waals surface area contributed by atoms with Crippen molar-refractivity contribution in [2.75, 3.05) is 0 Å². The number of rotatable bonds is 1. The van der Waals surface area contributed by atoms with Gasteiger partial charge in [-0.15, -0.1) is 0 Å². The molecule has 70 valence electrons. The topological polar surface area (TPSA) is 48.0 Å². The second kappa shape index (κ2) is 3.30. The highest BCUT2D eigenvalue weighted by Crippen LogP contribution is 2.04. The summed E-state index contributed by atoms with van der Waals surface area (Å²) < 4.78 is 1.54. The molecule has 0 aliphatic carbocycles. The molecule has 0 atom stereocenters. The van der Waals surface area contributed by atoms with Crippen molar-refractivity contribution in [2.45, 2.75) is 13.8 Å². The maximum atomic E-state index is 11.6. The number of hydrogen-bond donors (Lipinski definition) is 1. The zero-order valence-corrected chi connectivity index (χ0v) is 8.73. The highest BCUT2D eigenvalue weighted by atomic mass is 32.1. The van der Waals surface area contributed by atoms with Crippen LogP contribution in [0, 0.1) is 13.8 Å². The predicted molar refractivity (Wildman–Crippen MR) is 57.0 cm³/mol. The van der Waals surface area contributed by atoms with E-state index in [1.807, 2.05) is 19.9 Å². The van der Waals surface area contributed by atoms with Crippen molar-refractivity contribution < 1.29 is 0 Å². The second-order valence-corrected chi connectivity index (χ2v) is 3.51. The largest absolute Gasteiger partial charge is 0.389 e. The molecule has 0 aliphatic heterocycles. The number of aromatic nitrogens is 1. The normalized spacial score (nSPS) is 10.1. The van der Waals surface area contributed by atoms with Crippen LogP contribution < -0.4 is 11.3 Å². The van der Waals surface area contributed by atoms with Gasteiger partial charge in [-0.25, -0.2) is 0 Å². The molecule has 0 unspecified atom stereocenters. The van der Waals surface area contributed by atoms with Crippen LogP contribution in [0.1, 0.15) is 16.8 Å². The predicted octanol–water partition coefficient (Wildman–Crippen LogP) is 0.636. The minimum absolute atomic E-state index is 0.120. The van der Waals surface area contributed by atoms with E-state index < -0.39 is 0 Å². The molecular formula is C9H12N2OS. The molecule has 0 bridgehead atoms. The summed E-state index contributed by atoms with van der Waals surface area (Å²) in [6.07, 6.45) is 0. The van der Waals surface area contributed by atoms with Crippen LogP contribution in [0.15, 0.2) is 10.9 Å². The highest BCUT2D eigenvalue weighted by Gasteiger charge is 2.09. The van der Waals surface area contributed by atoms with Gasteiger partial charge >= 0.3 is 0 Å². The van der Waals surface area contributed by atoms with E-state index in [1.165, 1.54) is 0 Å². The van der Waals surface area contributed by atoms with Gasteiger partial charge in [0.25, 0.3) is 5.56 Å². The van der Waals surface area contributed by atoms with Crippen LogP contribution in [0.2, 0.25) is 0 Å². The summed E-state index contributed by atoms with van der Waals surface area (Å²) in [6, 6.07) is 1.90. The molecular weight excluding hydrogens is 184 g/mol. The third kappa shape index (κ3) is 1.62. The van der Waals surface area contributed by atoms with Gasteiger partial charge in [0.15, 0.2) is 0 Å². The van der Waals surface area contributed by atoms with Crippen LogP contribution in [-0.4, -0.2) is 9.56 Å².